The SMILES string of the molecule is CCOC(=O)C1CCC(NC(C)(CO)CO)CC1. The van der Waals surface area contributed by atoms with Gasteiger partial charge < -0.3 is 20.3 Å². The Bertz CT molecular complexity index is 258. The van der Waals surface area contributed by atoms with Crippen LogP contribution in [0.15, 0.2) is 0 Å². The average Bonchev–Trinajstić information content (AvgIpc) is 2.39. The lowest BCUT2D eigenvalue weighted by atomic mass is 9.85. The van der Waals surface area contributed by atoms with Gasteiger partial charge >= 0.3 is 5.97 Å². The molecule has 0 aromatic rings. The molecule has 5 nitrogen and oxygen atoms in total. The van der Waals surface area contributed by atoms with Gasteiger partial charge in [-0.2, -0.15) is 0 Å². The molecular weight excluding hydrogens is 234 g/mol. The van der Waals surface area contributed by atoms with E-state index in [-0.39, 0.29) is 31.1 Å². The molecule has 1 saturated carbocycles. The molecule has 0 aromatic carbocycles. The van der Waals surface area contributed by atoms with Gasteiger partial charge in [-0.05, 0) is 39.5 Å². The van der Waals surface area contributed by atoms with Gasteiger partial charge in [0.05, 0.1) is 31.3 Å². The van der Waals surface area contributed by atoms with Crippen LogP contribution in [0.4, 0.5) is 0 Å². The molecule has 0 amide bonds. The number of rotatable bonds is 6. The number of aliphatic hydroxyl groups is 2. The zero-order valence-electron chi connectivity index (χ0n) is 11.3. The smallest absolute Gasteiger partial charge is 0.308 e. The van der Waals surface area contributed by atoms with Crippen LogP contribution in [0.2, 0.25) is 0 Å². The highest BCUT2D eigenvalue weighted by atomic mass is 16.5. The van der Waals surface area contributed by atoms with Crippen molar-refractivity contribution in [3.05, 3.63) is 0 Å². The summed E-state index contributed by atoms with van der Waals surface area (Å²) in [5, 5.41) is 21.7. The zero-order chi connectivity index (χ0) is 13.6. The first-order valence-electron chi connectivity index (χ1n) is 6.70. The van der Waals surface area contributed by atoms with E-state index in [0.29, 0.717) is 6.61 Å². The van der Waals surface area contributed by atoms with E-state index in [9.17, 15) is 15.0 Å². The van der Waals surface area contributed by atoms with E-state index in [0.717, 1.165) is 25.7 Å². The van der Waals surface area contributed by atoms with Crippen LogP contribution < -0.4 is 5.32 Å². The van der Waals surface area contributed by atoms with Crippen LogP contribution in [0, 0.1) is 5.92 Å². The third-order valence-corrected chi connectivity index (χ3v) is 3.60. The number of aliphatic hydroxyl groups excluding tert-OH is 2. The predicted molar refractivity (Wildman–Crippen MR) is 68.1 cm³/mol. The Balaban J connectivity index is 2.37. The molecule has 0 bridgehead atoms. The molecule has 1 rings (SSSR count). The second-order valence-corrected chi connectivity index (χ2v) is 5.32. The second-order valence-electron chi connectivity index (χ2n) is 5.32. The molecule has 1 fully saturated rings. The van der Waals surface area contributed by atoms with Gasteiger partial charge in [-0.1, -0.05) is 0 Å². The standard InChI is InChI=1S/C13H25NO4/c1-3-18-12(17)10-4-6-11(7-5-10)14-13(2,8-15)9-16/h10-11,14-16H,3-9H2,1-2H3. The summed E-state index contributed by atoms with van der Waals surface area (Å²) in [7, 11) is 0. The summed E-state index contributed by atoms with van der Waals surface area (Å²) in [6.45, 7) is 3.86. The average molecular weight is 259 g/mol. The van der Waals surface area contributed by atoms with Crippen molar-refractivity contribution in [2.45, 2.75) is 51.1 Å². The van der Waals surface area contributed by atoms with Crippen LogP contribution in [0.25, 0.3) is 0 Å². The van der Waals surface area contributed by atoms with Gasteiger partial charge in [0.25, 0.3) is 0 Å². The molecule has 0 atom stereocenters. The van der Waals surface area contributed by atoms with Gasteiger partial charge in [0.15, 0.2) is 0 Å². The molecule has 0 aromatic heterocycles. The lowest BCUT2D eigenvalue weighted by Crippen LogP contribution is -2.54. The number of hydrogen-bond acceptors (Lipinski definition) is 5. The maximum Gasteiger partial charge on any atom is 0.308 e. The second kappa shape index (κ2) is 7.07. The van der Waals surface area contributed by atoms with E-state index in [1.165, 1.54) is 0 Å². The highest BCUT2D eigenvalue weighted by molar-refractivity contribution is 5.72. The molecule has 0 heterocycles. The van der Waals surface area contributed by atoms with Gasteiger partial charge in [-0.25, -0.2) is 0 Å². The number of nitrogens with one attached hydrogen (secondary N) is 1. The van der Waals surface area contributed by atoms with E-state index in [2.05, 4.69) is 5.32 Å². The minimum absolute atomic E-state index is 0.0116. The highest BCUT2D eigenvalue weighted by Gasteiger charge is 2.31. The molecule has 0 radical (unpaired) electrons. The Hall–Kier alpha value is -0.650. The predicted octanol–water partition coefficient (Wildman–Crippen LogP) is 0.441. The molecule has 1 aliphatic carbocycles. The van der Waals surface area contributed by atoms with E-state index >= 15 is 0 Å². The summed E-state index contributed by atoms with van der Waals surface area (Å²) < 4.78 is 5.02. The summed E-state index contributed by atoms with van der Waals surface area (Å²) in [5.74, 6) is -0.0828. The number of ether oxygens (including phenoxy) is 1. The number of hydrogen-bond donors (Lipinski definition) is 3. The molecule has 0 spiro atoms. The van der Waals surface area contributed by atoms with Gasteiger partial charge in [-0.15, -0.1) is 0 Å². The normalized spacial score (nSPS) is 24.9. The fourth-order valence-corrected chi connectivity index (χ4v) is 2.37. The van der Waals surface area contributed by atoms with Crippen molar-refractivity contribution < 1.29 is 19.7 Å². The van der Waals surface area contributed by atoms with Crippen LogP contribution in [0.5, 0.6) is 0 Å². The molecular formula is C13H25NO4. The highest BCUT2D eigenvalue weighted by Crippen LogP contribution is 2.26. The van der Waals surface area contributed by atoms with Gasteiger partial charge in [-0.3, -0.25) is 4.79 Å². The Labute approximate surface area is 109 Å². The van der Waals surface area contributed by atoms with E-state index < -0.39 is 5.54 Å². The molecule has 0 saturated heterocycles. The minimum Gasteiger partial charge on any atom is -0.466 e. The number of esters is 1. The maximum absolute atomic E-state index is 11.6. The summed E-state index contributed by atoms with van der Waals surface area (Å²) in [6, 6.07) is 0.250. The fourth-order valence-electron chi connectivity index (χ4n) is 2.37. The monoisotopic (exact) mass is 259 g/mol. The van der Waals surface area contributed by atoms with Gasteiger partial charge in [0, 0.05) is 6.04 Å². The summed E-state index contributed by atoms with van der Waals surface area (Å²) in [5.41, 5.74) is -0.637. The summed E-state index contributed by atoms with van der Waals surface area (Å²) >= 11 is 0. The third kappa shape index (κ3) is 4.23. The number of carbonyl (C=O) groups excluding carboxylic acids is 1. The third-order valence-electron chi connectivity index (χ3n) is 3.60. The van der Waals surface area contributed by atoms with Crippen molar-refractivity contribution in [1.82, 2.24) is 5.32 Å². The van der Waals surface area contributed by atoms with Crippen LogP contribution in [-0.4, -0.2) is 47.6 Å². The first kappa shape index (κ1) is 15.4. The molecule has 0 unspecified atom stereocenters. The van der Waals surface area contributed by atoms with Crippen molar-refractivity contribution in [1.29, 1.82) is 0 Å². The van der Waals surface area contributed by atoms with E-state index in [1.807, 2.05) is 6.92 Å². The lowest BCUT2D eigenvalue weighted by Gasteiger charge is -2.35. The van der Waals surface area contributed by atoms with Crippen molar-refractivity contribution in [2.24, 2.45) is 5.92 Å². The maximum atomic E-state index is 11.6. The minimum atomic E-state index is -0.637. The molecule has 3 N–H and O–H groups in total. The Morgan fingerprint density at radius 2 is 1.83 bits per heavy atom. The first-order chi connectivity index (χ1) is 8.54. The van der Waals surface area contributed by atoms with Crippen LogP contribution in [-0.2, 0) is 9.53 Å². The van der Waals surface area contributed by atoms with Crippen LogP contribution >= 0.6 is 0 Å². The Kier molecular flexibility index (Phi) is 6.05. The van der Waals surface area contributed by atoms with Crippen molar-refractivity contribution in [3.63, 3.8) is 0 Å². The van der Waals surface area contributed by atoms with Gasteiger partial charge in [0.1, 0.15) is 0 Å². The quantitative estimate of drug-likeness (QED) is 0.603. The zero-order valence-corrected chi connectivity index (χ0v) is 11.3. The van der Waals surface area contributed by atoms with Crippen LogP contribution in [0.1, 0.15) is 39.5 Å². The van der Waals surface area contributed by atoms with Gasteiger partial charge in [0.2, 0.25) is 0 Å². The molecule has 0 aliphatic heterocycles. The Morgan fingerprint density at radius 3 is 2.28 bits per heavy atom. The van der Waals surface area contributed by atoms with Crippen molar-refractivity contribution in [3.8, 4) is 0 Å². The largest absolute Gasteiger partial charge is 0.466 e. The topological polar surface area (TPSA) is 78.8 Å². The molecule has 5 heteroatoms. The van der Waals surface area contributed by atoms with Crippen molar-refractivity contribution in [2.75, 3.05) is 19.8 Å². The van der Waals surface area contributed by atoms with Crippen LogP contribution in [0.3, 0.4) is 0 Å². The van der Waals surface area contributed by atoms with E-state index in [4.69, 9.17) is 4.74 Å². The summed E-state index contributed by atoms with van der Waals surface area (Å²) in [4.78, 5) is 11.6. The fraction of sp³-hybridized carbons (Fsp3) is 0.923. The Morgan fingerprint density at radius 1 is 1.28 bits per heavy atom. The van der Waals surface area contributed by atoms with E-state index in [1.54, 1.807) is 6.92 Å². The first-order valence-corrected chi connectivity index (χ1v) is 6.70. The molecule has 18 heavy (non-hydrogen) atoms. The molecule has 106 valence electrons. The summed E-state index contributed by atoms with van der Waals surface area (Å²) in [6.07, 6.45) is 3.37. The van der Waals surface area contributed by atoms with Crippen molar-refractivity contribution >= 4 is 5.97 Å². The number of carbonyl (C=O) groups is 1. The molecule has 1 aliphatic rings. The lowest BCUT2D eigenvalue weighted by molar-refractivity contribution is -0.149.